The van der Waals surface area contributed by atoms with Gasteiger partial charge in [-0.1, -0.05) is 35.0 Å². The Bertz CT molecular complexity index is 527. The molecule has 1 aromatic carbocycles. The summed E-state index contributed by atoms with van der Waals surface area (Å²) in [4.78, 5) is 4.47. The fourth-order valence-electron chi connectivity index (χ4n) is 2.28. The molecule has 3 rings (SSSR count). The minimum Gasteiger partial charge on any atom is -0.381 e. The van der Waals surface area contributed by atoms with Gasteiger partial charge in [0.1, 0.15) is 0 Å². The van der Waals surface area contributed by atoms with Crippen LogP contribution in [0, 0.1) is 6.92 Å². The van der Waals surface area contributed by atoms with Crippen molar-refractivity contribution in [1.29, 1.82) is 0 Å². The first-order valence-electron chi connectivity index (χ1n) is 6.77. The smallest absolute Gasteiger partial charge is 0.226 e. The van der Waals surface area contributed by atoms with Crippen LogP contribution in [-0.4, -0.2) is 23.4 Å². The van der Waals surface area contributed by atoms with Crippen molar-refractivity contribution >= 4 is 0 Å². The summed E-state index contributed by atoms with van der Waals surface area (Å²) in [7, 11) is 0. The van der Waals surface area contributed by atoms with Crippen LogP contribution in [0.15, 0.2) is 28.8 Å². The predicted octanol–water partition coefficient (Wildman–Crippen LogP) is 2.67. The molecule has 1 fully saturated rings. The monoisotopic (exact) mass is 258 g/mol. The van der Waals surface area contributed by atoms with Gasteiger partial charge >= 0.3 is 0 Å². The summed E-state index contributed by atoms with van der Waals surface area (Å²) in [6, 6.07) is 8.56. The molecule has 0 N–H and O–H groups in total. The molecule has 19 heavy (non-hydrogen) atoms. The first-order valence-corrected chi connectivity index (χ1v) is 6.77. The van der Waals surface area contributed by atoms with E-state index in [1.807, 2.05) is 0 Å². The third kappa shape index (κ3) is 3.01. The molecular formula is C15H18N2O2. The van der Waals surface area contributed by atoms with Crippen LogP contribution in [0.2, 0.25) is 0 Å². The van der Waals surface area contributed by atoms with Crippen LogP contribution in [-0.2, 0) is 17.6 Å². The second kappa shape index (κ2) is 5.53. The Morgan fingerprint density at radius 2 is 2.05 bits per heavy atom. The second-order valence-corrected chi connectivity index (χ2v) is 5.09. The van der Waals surface area contributed by atoms with Crippen molar-refractivity contribution < 1.29 is 9.26 Å². The van der Waals surface area contributed by atoms with Crippen LogP contribution < -0.4 is 0 Å². The van der Waals surface area contributed by atoms with Crippen LogP contribution in [0.3, 0.4) is 0 Å². The van der Waals surface area contributed by atoms with Crippen LogP contribution in [0.25, 0.3) is 0 Å². The normalized spacial score (nSPS) is 18.9. The van der Waals surface area contributed by atoms with Gasteiger partial charge in [-0.3, -0.25) is 0 Å². The van der Waals surface area contributed by atoms with E-state index in [0.717, 1.165) is 44.2 Å². The number of nitrogens with zero attached hydrogens (tertiary/aromatic N) is 2. The van der Waals surface area contributed by atoms with Gasteiger partial charge in [-0.15, -0.1) is 0 Å². The van der Waals surface area contributed by atoms with Crippen molar-refractivity contribution in [3.05, 3.63) is 47.1 Å². The molecule has 0 saturated carbocycles. The zero-order valence-electron chi connectivity index (χ0n) is 11.1. The van der Waals surface area contributed by atoms with E-state index in [4.69, 9.17) is 9.26 Å². The van der Waals surface area contributed by atoms with E-state index in [-0.39, 0.29) is 0 Å². The largest absolute Gasteiger partial charge is 0.381 e. The molecule has 4 nitrogen and oxygen atoms in total. The lowest BCUT2D eigenvalue weighted by molar-refractivity contribution is 0.192. The number of ether oxygens (including phenoxy) is 1. The summed E-state index contributed by atoms with van der Waals surface area (Å²) in [6.45, 7) is 3.62. The minimum atomic E-state index is 0.317. The third-order valence-electron chi connectivity index (χ3n) is 3.53. The highest BCUT2D eigenvalue weighted by Gasteiger charge is 2.22. The Hall–Kier alpha value is -1.68. The first-order chi connectivity index (χ1) is 9.31. The molecule has 1 aliphatic heterocycles. The van der Waals surface area contributed by atoms with Crippen molar-refractivity contribution in [2.24, 2.45) is 0 Å². The van der Waals surface area contributed by atoms with Crippen LogP contribution in [0.5, 0.6) is 0 Å². The fraction of sp³-hybridized carbons (Fsp3) is 0.467. The number of aryl methyl sites for hydroxylation is 3. The number of aromatic nitrogens is 2. The van der Waals surface area contributed by atoms with Gasteiger partial charge in [0, 0.05) is 18.9 Å². The summed E-state index contributed by atoms with van der Waals surface area (Å²) in [5.41, 5.74) is 2.58. The molecule has 100 valence electrons. The van der Waals surface area contributed by atoms with E-state index in [1.165, 1.54) is 11.1 Å². The van der Waals surface area contributed by atoms with Gasteiger partial charge in [-0.25, -0.2) is 0 Å². The van der Waals surface area contributed by atoms with Crippen molar-refractivity contribution in [3.8, 4) is 0 Å². The summed E-state index contributed by atoms with van der Waals surface area (Å²) in [5, 5.41) is 4.06. The van der Waals surface area contributed by atoms with E-state index < -0.39 is 0 Å². The molecule has 2 heterocycles. The van der Waals surface area contributed by atoms with Crippen LogP contribution in [0.1, 0.15) is 35.2 Å². The lowest BCUT2D eigenvalue weighted by Gasteiger charge is -1.99. The summed E-state index contributed by atoms with van der Waals surface area (Å²) in [5.74, 6) is 1.84. The first kappa shape index (κ1) is 12.4. The van der Waals surface area contributed by atoms with Crippen LogP contribution in [0.4, 0.5) is 0 Å². The van der Waals surface area contributed by atoms with Crippen molar-refractivity contribution in [2.75, 3.05) is 13.2 Å². The minimum absolute atomic E-state index is 0.317. The molecule has 1 atom stereocenters. The highest BCUT2D eigenvalue weighted by Crippen LogP contribution is 2.22. The Morgan fingerprint density at radius 1 is 1.21 bits per heavy atom. The highest BCUT2D eigenvalue weighted by molar-refractivity contribution is 5.21. The number of benzene rings is 1. The van der Waals surface area contributed by atoms with E-state index in [1.54, 1.807) is 0 Å². The molecule has 1 aliphatic rings. The molecule has 1 aromatic heterocycles. The predicted molar refractivity (Wildman–Crippen MR) is 71.1 cm³/mol. The van der Waals surface area contributed by atoms with Gasteiger partial charge in [-0.2, -0.15) is 4.98 Å². The number of hydrogen-bond donors (Lipinski definition) is 0. The lowest BCUT2D eigenvalue weighted by atomic mass is 10.1. The molecular weight excluding hydrogens is 240 g/mol. The summed E-state index contributed by atoms with van der Waals surface area (Å²) < 4.78 is 10.6. The Kier molecular flexibility index (Phi) is 3.60. The van der Waals surface area contributed by atoms with Gasteiger partial charge in [0.25, 0.3) is 0 Å². The zero-order valence-corrected chi connectivity index (χ0v) is 11.1. The Labute approximate surface area is 112 Å². The molecule has 4 heteroatoms. The standard InChI is InChI=1S/C15H18N2O2/c1-11-2-4-12(5-3-11)6-7-14-16-15(17-19-14)13-8-9-18-10-13/h2-5,13H,6-10H2,1H3/t13-/m0/s1. The number of rotatable bonds is 4. The van der Waals surface area contributed by atoms with Gasteiger partial charge in [-0.05, 0) is 25.3 Å². The lowest BCUT2D eigenvalue weighted by Crippen LogP contribution is -2.00. The van der Waals surface area contributed by atoms with Gasteiger partial charge in [0.2, 0.25) is 5.89 Å². The van der Waals surface area contributed by atoms with E-state index in [9.17, 15) is 0 Å². The maximum absolute atomic E-state index is 5.34. The summed E-state index contributed by atoms with van der Waals surface area (Å²) in [6.07, 6.45) is 2.73. The molecule has 1 saturated heterocycles. The zero-order chi connectivity index (χ0) is 13.1. The van der Waals surface area contributed by atoms with Gasteiger partial charge in [0.15, 0.2) is 5.82 Å². The fourth-order valence-corrected chi connectivity index (χ4v) is 2.28. The Morgan fingerprint density at radius 3 is 2.79 bits per heavy atom. The van der Waals surface area contributed by atoms with Crippen molar-refractivity contribution in [3.63, 3.8) is 0 Å². The van der Waals surface area contributed by atoms with E-state index in [2.05, 4.69) is 41.3 Å². The second-order valence-electron chi connectivity index (χ2n) is 5.09. The maximum Gasteiger partial charge on any atom is 0.226 e. The van der Waals surface area contributed by atoms with Crippen LogP contribution >= 0.6 is 0 Å². The van der Waals surface area contributed by atoms with Gasteiger partial charge in [0.05, 0.1) is 6.61 Å². The van der Waals surface area contributed by atoms with E-state index in [0.29, 0.717) is 5.92 Å². The SMILES string of the molecule is Cc1ccc(CCc2nc([C@H]3CCOC3)no2)cc1. The van der Waals surface area contributed by atoms with Gasteiger partial charge < -0.3 is 9.26 Å². The quantitative estimate of drug-likeness (QED) is 0.846. The molecule has 2 aromatic rings. The summed E-state index contributed by atoms with van der Waals surface area (Å²) >= 11 is 0. The number of hydrogen-bond acceptors (Lipinski definition) is 4. The van der Waals surface area contributed by atoms with Crippen molar-refractivity contribution in [2.45, 2.75) is 32.1 Å². The third-order valence-corrected chi connectivity index (χ3v) is 3.53. The molecule has 0 bridgehead atoms. The molecule has 0 spiro atoms. The average Bonchev–Trinajstić information content (AvgIpc) is 3.09. The maximum atomic E-state index is 5.34. The topological polar surface area (TPSA) is 48.2 Å². The molecule has 0 unspecified atom stereocenters. The van der Waals surface area contributed by atoms with E-state index >= 15 is 0 Å². The highest BCUT2D eigenvalue weighted by atomic mass is 16.5. The average molecular weight is 258 g/mol. The Balaban J connectivity index is 1.59. The molecule has 0 radical (unpaired) electrons. The molecule has 0 aliphatic carbocycles. The van der Waals surface area contributed by atoms with Crippen molar-refractivity contribution in [1.82, 2.24) is 10.1 Å². The molecule has 0 amide bonds.